The summed E-state index contributed by atoms with van der Waals surface area (Å²) >= 11 is 0. The third-order valence-electron chi connectivity index (χ3n) is 5.05. The molecule has 0 radical (unpaired) electrons. The molecule has 0 saturated carbocycles. The molecule has 0 aliphatic carbocycles. The van der Waals surface area contributed by atoms with Gasteiger partial charge in [-0.1, -0.05) is 18.2 Å². The van der Waals surface area contributed by atoms with Crippen molar-refractivity contribution in [2.45, 2.75) is 0 Å². The van der Waals surface area contributed by atoms with Crippen LogP contribution in [0.4, 0.5) is 17.1 Å². The van der Waals surface area contributed by atoms with E-state index in [9.17, 15) is 4.79 Å². The second kappa shape index (κ2) is 8.65. The Morgan fingerprint density at radius 1 is 0.931 bits per heavy atom. The minimum Gasteiger partial charge on any atom is -0.497 e. The Hall–Kier alpha value is -3.54. The Labute approximate surface area is 170 Å². The molecule has 1 N–H and O–H groups in total. The molecule has 1 amide bonds. The van der Waals surface area contributed by atoms with E-state index in [4.69, 9.17) is 4.74 Å². The number of hydrogen-bond donors (Lipinski definition) is 1. The number of amides is 1. The molecule has 4 rings (SSSR count). The van der Waals surface area contributed by atoms with Gasteiger partial charge in [0.15, 0.2) is 0 Å². The zero-order valence-corrected chi connectivity index (χ0v) is 16.4. The van der Waals surface area contributed by atoms with Gasteiger partial charge in [0, 0.05) is 49.4 Å². The predicted octanol–water partition coefficient (Wildman–Crippen LogP) is 3.80. The summed E-state index contributed by atoms with van der Waals surface area (Å²) in [6.07, 6.45) is 1.67. The van der Waals surface area contributed by atoms with E-state index in [-0.39, 0.29) is 5.91 Å². The van der Waals surface area contributed by atoms with E-state index >= 15 is 0 Å². The van der Waals surface area contributed by atoms with E-state index in [1.807, 2.05) is 53.4 Å². The van der Waals surface area contributed by atoms with Gasteiger partial charge in [0.2, 0.25) is 0 Å². The first-order chi connectivity index (χ1) is 14.2. The van der Waals surface area contributed by atoms with E-state index in [1.54, 1.807) is 19.4 Å². The number of anilines is 3. The number of pyridine rings is 1. The molecule has 1 fully saturated rings. The van der Waals surface area contributed by atoms with E-state index in [1.165, 1.54) is 5.69 Å². The Kier molecular flexibility index (Phi) is 5.61. The molecule has 1 saturated heterocycles. The molecule has 2 aromatic carbocycles. The maximum Gasteiger partial charge on any atom is 0.272 e. The second-order valence-electron chi connectivity index (χ2n) is 6.90. The van der Waals surface area contributed by atoms with Gasteiger partial charge < -0.3 is 19.9 Å². The molecule has 0 atom stereocenters. The molecule has 2 heterocycles. The summed E-state index contributed by atoms with van der Waals surface area (Å²) < 4.78 is 5.18. The zero-order chi connectivity index (χ0) is 20.1. The van der Waals surface area contributed by atoms with Crippen molar-refractivity contribution in [2.24, 2.45) is 0 Å². The first-order valence-corrected chi connectivity index (χ1v) is 9.69. The summed E-state index contributed by atoms with van der Waals surface area (Å²) in [6.45, 7) is 3.01. The second-order valence-corrected chi connectivity index (χ2v) is 6.90. The maximum absolute atomic E-state index is 12.9. The van der Waals surface area contributed by atoms with Gasteiger partial charge in [0.05, 0.1) is 7.11 Å². The molecule has 1 aliphatic heterocycles. The number of aromatic nitrogens is 1. The van der Waals surface area contributed by atoms with E-state index < -0.39 is 0 Å². The lowest BCUT2D eigenvalue weighted by atomic mass is 10.2. The standard InChI is InChI=1S/C23H24N4O2/c1-29-21-9-7-18(8-10-21)25-19-11-12-24-22(17-19)23(28)27-15-13-26(14-16-27)20-5-3-2-4-6-20/h2-12,17H,13-16H2,1H3,(H,24,25). The van der Waals surface area contributed by atoms with Crippen LogP contribution in [0.5, 0.6) is 5.75 Å². The van der Waals surface area contributed by atoms with Crippen molar-refractivity contribution in [3.8, 4) is 5.75 Å². The summed E-state index contributed by atoms with van der Waals surface area (Å²) in [7, 11) is 1.64. The largest absolute Gasteiger partial charge is 0.497 e. The highest BCUT2D eigenvalue weighted by Crippen LogP contribution is 2.21. The first kappa shape index (κ1) is 18.8. The Bertz CT molecular complexity index is 952. The van der Waals surface area contributed by atoms with Gasteiger partial charge in [-0.15, -0.1) is 0 Å². The summed E-state index contributed by atoms with van der Waals surface area (Å²) in [5, 5.41) is 3.31. The van der Waals surface area contributed by atoms with Crippen molar-refractivity contribution >= 4 is 23.0 Å². The minimum absolute atomic E-state index is 0.0314. The van der Waals surface area contributed by atoms with Crippen molar-refractivity contribution in [3.63, 3.8) is 0 Å². The molecule has 1 aromatic heterocycles. The van der Waals surface area contributed by atoms with Gasteiger partial charge in [0.1, 0.15) is 11.4 Å². The van der Waals surface area contributed by atoms with Crippen LogP contribution in [0.15, 0.2) is 72.9 Å². The Morgan fingerprint density at radius 2 is 1.66 bits per heavy atom. The molecule has 3 aromatic rings. The zero-order valence-electron chi connectivity index (χ0n) is 16.4. The van der Waals surface area contributed by atoms with Crippen molar-refractivity contribution in [2.75, 3.05) is 43.5 Å². The van der Waals surface area contributed by atoms with Gasteiger partial charge >= 0.3 is 0 Å². The van der Waals surface area contributed by atoms with Crippen LogP contribution in [-0.4, -0.2) is 49.1 Å². The average Bonchev–Trinajstić information content (AvgIpc) is 2.80. The minimum atomic E-state index is -0.0314. The molecule has 6 heteroatoms. The van der Waals surface area contributed by atoms with Crippen LogP contribution in [0.2, 0.25) is 0 Å². The molecule has 29 heavy (non-hydrogen) atoms. The SMILES string of the molecule is COc1ccc(Nc2ccnc(C(=O)N3CCN(c4ccccc4)CC3)c2)cc1. The van der Waals surface area contributed by atoms with Crippen LogP contribution in [-0.2, 0) is 0 Å². The topological polar surface area (TPSA) is 57.7 Å². The number of nitrogens with zero attached hydrogens (tertiary/aromatic N) is 3. The van der Waals surface area contributed by atoms with Crippen molar-refractivity contribution < 1.29 is 9.53 Å². The number of ether oxygens (including phenoxy) is 1. The number of nitrogens with one attached hydrogen (secondary N) is 1. The Balaban J connectivity index is 1.39. The maximum atomic E-state index is 12.9. The van der Waals surface area contributed by atoms with Crippen LogP contribution in [0, 0.1) is 0 Å². The molecule has 0 unspecified atom stereocenters. The van der Waals surface area contributed by atoms with Gasteiger partial charge in [-0.25, -0.2) is 0 Å². The molecule has 0 spiro atoms. The van der Waals surface area contributed by atoms with Gasteiger partial charge in [0.25, 0.3) is 5.91 Å². The number of carbonyl (C=O) groups is 1. The van der Waals surface area contributed by atoms with Gasteiger partial charge in [-0.2, -0.15) is 0 Å². The lowest BCUT2D eigenvalue weighted by Crippen LogP contribution is -2.49. The summed E-state index contributed by atoms with van der Waals surface area (Å²) in [6, 6.07) is 21.6. The average molecular weight is 388 g/mol. The first-order valence-electron chi connectivity index (χ1n) is 9.69. The molecular weight excluding hydrogens is 364 g/mol. The summed E-state index contributed by atoms with van der Waals surface area (Å²) in [4.78, 5) is 21.4. The van der Waals surface area contributed by atoms with Crippen LogP contribution in [0.25, 0.3) is 0 Å². The highest BCUT2D eigenvalue weighted by molar-refractivity contribution is 5.93. The molecule has 6 nitrogen and oxygen atoms in total. The monoisotopic (exact) mass is 388 g/mol. The highest BCUT2D eigenvalue weighted by Gasteiger charge is 2.23. The quantitative estimate of drug-likeness (QED) is 0.721. The third-order valence-corrected chi connectivity index (χ3v) is 5.05. The normalized spacial score (nSPS) is 13.8. The number of hydrogen-bond acceptors (Lipinski definition) is 5. The van der Waals surface area contributed by atoms with Gasteiger partial charge in [-0.05, 0) is 48.5 Å². The highest BCUT2D eigenvalue weighted by atomic mass is 16.5. The van der Waals surface area contributed by atoms with Crippen molar-refractivity contribution in [1.82, 2.24) is 9.88 Å². The van der Waals surface area contributed by atoms with Crippen LogP contribution >= 0.6 is 0 Å². The van der Waals surface area contributed by atoms with Crippen LogP contribution in [0.1, 0.15) is 10.5 Å². The van der Waals surface area contributed by atoms with Crippen molar-refractivity contribution in [1.29, 1.82) is 0 Å². The number of benzene rings is 2. The van der Waals surface area contributed by atoms with E-state index in [0.717, 1.165) is 30.2 Å². The third kappa shape index (κ3) is 4.48. The molecule has 1 aliphatic rings. The van der Waals surface area contributed by atoms with Gasteiger partial charge in [-0.3, -0.25) is 9.78 Å². The fourth-order valence-electron chi connectivity index (χ4n) is 3.43. The number of carbonyl (C=O) groups excluding carboxylic acids is 1. The summed E-state index contributed by atoms with van der Waals surface area (Å²) in [5.74, 6) is 0.770. The van der Waals surface area contributed by atoms with E-state index in [0.29, 0.717) is 18.8 Å². The molecule has 0 bridgehead atoms. The lowest BCUT2D eigenvalue weighted by molar-refractivity contribution is 0.0741. The predicted molar refractivity (Wildman–Crippen MR) is 115 cm³/mol. The molecule has 148 valence electrons. The molecular formula is C23H24N4O2. The van der Waals surface area contributed by atoms with E-state index in [2.05, 4.69) is 27.3 Å². The number of para-hydroxylation sites is 1. The fraction of sp³-hybridized carbons (Fsp3) is 0.217. The Morgan fingerprint density at radius 3 is 2.34 bits per heavy atom. The van der Waals surface area contributed by atoms with Crippen LogP contribution < -0.4 is 15.0 Å². The number of piperazine rings is 1. The number of methoxy groups -OCH3 is 1. The van der Waals surface area contributed by atoms with Crippen molar-refractivity contribution in [3.05, 3.63) is 78.6 Å². The number of rotatable bonds is 5. The fourth-order valence-corrected chi connectivity index (χ4v) is 3.43. The summed E-state index contributed by atoms with van der Waals surface area (Å²) in [5.41, 5.74) is 3.41. The smallest absolute Gasteiger partial charge is 0.272 e. The lowest BCUT2D eigenvalue weighted by Gasteiger charge is -2.36. The van der Waals surface area contributed by atoms with Crippen LogP contribution in [0.3, 0.4) is 0 Å².